The Kier molecular flexibility index (Phi) is 4.39. The third-order valence-electron chi connectivity index (χ3n) is 2.20. The van der Waals surface area contributed by atoms with Crippen LogP contribution in [0.25, 0.3) is 10.9 Å². The molecule has 5 nitrogen and oxygen atoms in total. The maximum absolute atomic E-state index is 10.7. The molecule has 0 amide bonds. The van der Waals surface area contributed by atoms with E-state index in [2.05, 4.69) is 10.3 Å². The molecule has 2 rings (SSSR count). The van der Waals surface area contributed by atoms with Crippen LogP contribution in [0, 0.1) is 10.1 Å². The summed E-state index contributed by atoms with van der Waals surface area (Å²) in [5.74, 6) is 0. The molecule has 90 valence electrons. The minimum absolute atomic E-state index is 0.00352. The molecule has 1 aromatic heterocycles. The SMILES string of the molecule is CC.CNc1c([N+](=O)[O-])cnc2ccccc12. The van der Waals surface area contributed by atoms with Gasteiger partial charge >= 0.3 is 5.69 Å². The van der Waals surface area contributed by atoms with Crippen LogP contribution in [-0.4, -0.2) is 17.0 Å². The fourth-order valence-electron chi connectivity index (χ4n) is 1.53. The first kappa shape index (κ1) is 12.9. The van der Waals surface area contributed by atoms with Gasteiger partial charge in [0.25, 0.3) is 0 Å². The minimum Gasteiger partial charge on any atom is -0.382 e. The summed E-state index contributed by atoms with van der Waals surface area (Å²) in [7, 11) is 1.66. The van der Waals surface area contributed by atoms with E-state index >= 15 is 0 Å². The van der Waals surface area contributed by atoms with Gasteiger partial charge in [0.05, 0.1) is 10.4 Å². The second-order valence-electron chi connectivity index (χ2n) is 3.04. The van der Waals surface area contributed by atoms with E-state index in [-0.39, 0.29) is 5.69 Å². The molecule has 0 aliphatic heterocycles. The molecule has 0 aliphatic rings. The predicted octanol–water partition coefficient (Wildman–Crippen LogP) is 3.21. The Bertz CT molecular complexity index is 526. The van der Waals surface area contributed by atoms with Crippen molar-refractivity contribution in [1.82, 2.24) is 4.98 Å². The standard InChI is InChI=1S/C10H9N3O2.C2H6/c1-11-10-7-4-2-3-5-8(7)12-6-9(10)13(14)15;1-2/h2-6H,1H3,(H,11,12);1-2H3. The number of anilines is 1. The molecule has 1 aromatic carbocycles. The molecule has 2 aromatic rings. The fourth-order valence-corrected chi connectivity index (χ4v) is 1.53. The first-order valence-electron chi connectivity index (χ1n) is 5.44. The van der Waals surface area contributed by atoms with E-state index in [4.69, 9.17) is 0 Å². The van der Waals surface area contributed by atoms with Gasteiger partial charge in [0.15, 0.2) is 0 Å². The quantitative estimate of drug-likeness (QED) is 0.638. The maximum atomic E-state index is 10.7. The molecule has 0 fully saturated rings. The number of aromatic nitrogens is 1. The van der Waals surface area contributed by atoms with Crippen molar-refractivity contribution in [1.29, 1.82) is 0 Å². The number of nitrogens with zero attached hydrogens (tertiary/aromatic N) is 2. The molecule has 17 heavy (non-hydrogen) atoms. The van der Waals surface area contributed by atoms with Crippen LogP contribution in [0.15, 0.2) is 30.5 Å². The van der Waals surface area contributed by atoms with Crippen molar-refractivity contribution in [2.24, 2.45) is 0 Å². The second-order valence-corrected chi connectivity index (χ2v) is 3.04. The van der Waals surface area contributed by atoms with Crippen molar-refractivity contribution in [3.05, 3.63) is 40.6 Å². The molecule has 1 N–H and O–H groups in total. The number of nitro groups is 1. The summed E-state index contributed by atoms with van der Waals surface area (Å²) in [4.78, 5) is 14.3. The van der Waals surface area contributed by atoms with E-state index in [1.807, 2.05) is 32.0 Å². The lowest BCUT2D eigenvalue weighted by Crippen LogP contribution is -1.98. The third-order valence-corrected chi connectivity index (χ3v) is 2.20. The zero-order chi connectivity index (χ0) is 12.8. The summed E-state index contributed by atoms with van der Waals surface area (Å²) in [6.45, 7) is 4.00. The van der Waals surface area contributed by atoms with Crippen molar-refractivity contribution in [2.75, 3.05) is 12.4 Å². The van der Waals surface area contributed by atoms with Gasteiger partial charge < -0.3 is 5.32 Å². The summed E-state index contributed by atoms with van der Waals surface area (Å²) in [5, 5.41) is 14.3. The number of benzene rings is 1. The lowest BCUT2D eigenvalue weighted by Gasteiger charge is -2.05. The van der Waals surface area contributed by atoms with Gasteiger partial charge in [-0.3, -0.25) is 10.1 Å². The zero-order valence-electron chi connectivity index (χ0n) is 10.1. The highest BCUT2D eigenvalue weighted by Crippen LogP contribution is 2.30. The van der Waals surface area contributed by atoms with Gasteiger partial charge in [-0.2, -0.15) is 0 Å². The highest BCUT2D eigenvalue weighted by molar-refractivity contribution is 5.95. The maximum Gasteiger partial charge on any atom is 0.311 e. The number of hydrogen-bond donors (Lipinski definition) is 1. The predicted molar refractivity (Wildman–Crippen MR) is 69.3 cm³/mol. The molecule has 0 aliphatic carbocycles. The van der Waals surface area contributed by atoms with Gasteiger partial charge in [0.2, 0.25) is 0 Å². The van der Waals surface area contributed by atoms with Crippen molar-refractivity contribution >= 4 is 22.3 Å². The number of hydrogen-bond acceptors (Lipinski definition) is 4. The van der Waals surface area contributed by atoms with Crippen LogP contribution in [0.2, 0.25) is 0 Å². The lowest BCUT2D eigenvalue weighted by atomic mass is 10.1. The van der Waals surface area contributed by atoms with Gasteiger partial charge in [-0.25, -0.2) is 4.98 Å². The van der Waals surface area contributed by atoms with Crippen LogP contribution in [0.1, 0.15) is 13.8 Å². The number of rotatable bonds is 2. The van der Waals surface area contributed by atoms with E-state index < -0.39 is 4.92 Å². The Hall–Kier alpha value is -2.17. The highest BCUT2D eigenvalue weighted by atomic mass is 16.6. The smallest absolute Gasteiger partial charge is 0.311 e. The van der Waals surface area contributed by atoms with Crippen LogP contribution in [0.4, 0.5) is 11.4 Å². The van der Waals surface area contributed by atoms with Crippen molar-refractivity contribution in [3.63, 3.8) is 0 Å². The Balaban J connectivity index is 0.000000686. The highest BCUT2D eigenvalue weighted by Gasteiger charge is 2.15. The van der Waals surface area contributed by atoms with Gasteiger partial charge in [-0.15, -0.1) is 0 Å². The normalized spacial score (nSPS) is 9.35. The van der Waals surface area contributed by atoms with Gasteiger partial charge in [-0.05, 0) is 6.07 Å². The number of para-hydroxylation sites is 1. The van der Waals surface area contributed by atoms with Crippen LogP contribution < -0.4 is 5.32 Å². The molecule has 5 heteroatoms. The number of pyridine rings is 1. The van der Waals surface area contributed by atoms with Gasteiger partial charge in [-0.1, -0.05) is 32.0 Å². The van der Waals surface area contributed by atoms with Crippen LogP contribution >= 0.6 is 0 Å². The molecule has 0 atom stereocenters. The first-order chi connectivity index (χ1) is 8.24. The number of fused-ring (bicyclic) bond motifs is 1. The Labute approximate surface area is 99.6 Å². The molecule has 0 saturated carbocycles. The molecule has 1 heterocycles. The van der Waals surface area contributed by atoms with Crippen molar-refractivity contribution in [2.45, 2.75) is 13.8 Å². The van der Waals surface area contributed by atoms with E-state index in [0.29, 0.717) is 5.69 Å². The van der Waals surface area contributed by atoms with E-state index in [1.54, 1.807) is 13.1 Å². The Morgan fingerprint density at radius 1 is 1.29 bits per heavy atom. The Morgan fingerprint density at radius 3 is 2.53 bits per heavy atom. The molecular weight excluding hydrogens is 218 g/mol. The third kappa shape index (κ3) is 2.50. The summed E-state index contributed by atoms with van der Waals surface area (Å²) in [6.07, 6.45) is 1.27. The van der Waals surface area contributed by atoms with Crippen LogP contribution in [0.3, 0.4) is 0 Å². The topological polar surface area (TPSA) is 68.1 Å². The van der Waals surface area contributed by atoms with E-state index in [9.17, 15) is 10.1 Å². The van der Waals surface area contributed by atoms with E-state index in [1.165, 1.54) is 6.20 Å². The molecule has 0 unspecified atom stereocenters. The fraction of sp³-hybridized carbons (Fsp3) is 0.250. The van der Waals surface area contributed by atoms with Crippen molar-refractivity contribution < 1.29 is 4.92 Å². The largest absolute Gasteiger partial charge is 0.382 e. The molecular formula is C12H15N3O2. The molecule has 0 spiro atoms. The van der Waals surface area contributed by atoms with E-state index in [0.717, 1.165) is 10.9 Å². The summed E-state index contributed by atoms with van der Waals surface area (Å²) in [6, 6.07) is 7.30. The number of nitrogens with one attached hydrogen (secondary N) is 1. The minimum atomic E-state index is -0.439. The summed E-state index contributed by atoms with van der Waals surface area (Å²) in [5.41, 5.74) is 1.24. The first-order valence-corrected chi connectivity index (χ1v) is 5.44. The molecule has 0 bridgehead atoms. The average molecular weight is 233 g/mol. The van der Waals surface area contributed by atoms with Crippen LogP contribution in [-0.2, 0) is 0 Å². The van der Waals surface area contributed by atoms with Crippen LogP contribution in [0.5, 0.6) is 0 Å². The zero-order valence-corrected chi connectivity index (χ0v) is 10.1. The summed E-state index contributed by atoms with van der Waals surface area (Å²) >= 11 is 0. The molecule has 0 saturated heterocycles. The van der Waals surface area contributed by atoms with Gasteiger partial charge in [0, 0.05) is 12.4 Å². The average Bonchev–Trinajstić information content (AvgIpc) is 2.39. The Morgan fingerprint density at radius 2 is 1.94 bits per heavy atom. The second kappa shape index (κ2) is 5.79. The van der Waals surface area contributed by atoms with Crippen molar-refractivity contribution in [3.8, 4) is 0 Å². The monoisotopic (exact) mass is 233 g/mol. The van der Waals surface area contributed by atoms with Gasteiger partial charge in [0.1, 0.15) is 11.9 Å². The summed E-state index contributed by atoms with van der Waals surface area (Å²) < 4.78 is 0. The lowest BCUT2D eigenvalue weighted by molar-refractivity contribution is -0.384. The molecule has 0 radical (unpaired) electrons.